The van der Waals surface area contributed by atoms with Crippen LogP contribution in [0, 0.1) is 0 Å². The summed E-state index contributed by atoms with van der Waals surface area (Å²) in [5.41, 5.74) is 24.9. The molecule has 0 aliphatic carbocycles. The topological polar surface area (TPSA) is 65.8 Å². The van der Waals surface area contributed by atoms with Crippen molar-refractivity contribution in [2.45, 2.75) is 144 Å². The number of hydrogen-bond acceptors (Lipinski definition) is 2. The molecule has 300 valence electrons. The van der Waals surface area contributed by atoms with Gasteiger partial charge in [-0.05, 0) is 141 Å². The number of unbranched alkanes of at least 4 members (excludes halogenated alkanes) is 5. The third-order valence-electron chi connectivity index (χ3n) is 9.93. The Balaban J connectivity index is 0.000000577. The molecular weight excluding hydrogens is 719 g/mol. The van der Waals surface area contributed by atoms with E-state index in [1.807, 2.05) is 12.1 Å². The molecule has 4 nitrogen and oxygen atoms in total. The predicted octanol–water partition coefficient (Wildman–Crippen LogP) is 14.6. The third-order valence-corrected chi connectivity index (χ3v) is 9.93. The number of para-hydroxylation sites is 2. The van der Waals surface area contributed by atoms with Crippen LogP contribution in [0.2, 0.25) is 0 Å². The van der Waals surface area contributed by atoms with Crippen LogP contribution in [0.15, 0.2) is 108 Å². The number of phenolic OH excluding ortho intramolecular Hbond substituents is 2. The molecule has 0 amide bonds. The van der Waals surface area contributed by atoms with Crippen molar-refractivity contribution in [2.75, 3.05) is 0 Å². The minimum absolute atomic E-state index is 0. The van der Waals surface area contributed by atoms with E-state index in [1.165, 1.54) is 95.9 Å². The molecule has 0 radical (unpaired) electrons. The SMILES string of the molecule is CCCCC1=C(c2cc(CCCC)cc(CCCC)c2)[N+](=[N-])C(c2cc(CCCC)cc(CCCC)c2)=C1CC.Oc1ccccc1.Oc1ccccc1.[Ni]. The fourth-order valence-electron chi connectivity index (χ4n) is 7.01. The van der Waals surface area contributed by atoms with E-state index < -0.39 is 0 Å². The summed E-state index contributed by atoms with van der Waals surface area (Å²) >= 11 is 0. The molecule has 0 aromatic heterocycles. The first-order valence-corrected chi connectivity index (χ1v) is 21.0. The second-order valence-electron chi connectivity index (χ2n) is 14.6. The van der Waals surface area contributed by atoms with Crippen molar-refractivity contribution in [3.05, 3.63) is 147 Å². The summed E-state index contributed by atoms with van der Waals surface area (Å²) < 4.78 is 1.59. The Bertz CT molecular complexity index is 1670. The van der Waals surface area contributed by atoms with E-state index in [0.29, 0.717) is 11.5 Å². The van der Waals surface area contributed by atoms with Crippen molar-refractivity contribution in [2.24, 2.45) is 0 Å². The van der Waals surface area contributed by atoms with Gasteiger partial charge in [-0.25, -0.2) is 4.70 Å². The minimum atomic E-state index is 0. The van der Waals surface area contributed by atoms with Gasteiger partial charge < -0.3 is 15.7 Å². The van der Waals surface area contributed by atoms with Gasteiger partial charge in [0.15, 0.2) is 0 Å². The van der Waals surface area contributed by atoms with Crippen LogP contribution in [0.25, 0.3) is 16.9 Å². The second kappa shape index (κ2) is 26.8. The summed E-state index contributed by atoms with van der Waals surface area (Å²) in [6, 6.07) is 31.7. The van der Waals surface area contributed by atoms with Gasteiger partial charge in [0.1, 0.15) is 11.5 Å². The number of aromatic hydroxyl groups is 2. The molecule has 1 aliphatic heterocycles. The first kappa shape index (κ1) is 47.2. The molecular formula is C50H68N2NiO2. The fourth-order valence-corrected chi connectivity index (χ4v) is 7.01. The van der Waals surface area contributed by atoms with Crippen LogP contribution in [0.3, 0.4) is 0 Å². The Morgan fingerprint density at radius 1 is 0.436 bits per heavy atom. The molecule has 0 atom stereocenters. The van der Waals surface area contributed by atoms with Crippen LogP contribution in [0.4, 0.5) is 0 Å². The summed E-state index contributed by atoms with van der Waals surface area (Å²) in [5.74, 6) is 0.644. The Kier molecular flexibility index (Phi) is 23.0. The Hall–Kier alpha value is -3.95. The average molecular weight is 788 g/mol. The summed E-state index contributed by atoms with van der Waals surface area (Å²) in [5, 5.41) is 17.3. The number of benzene rings is 4. The van der Waals surface area contributed by atoms with Crippen LogP contribution in [-0.4, -0.2) is 14.9 Å². The Labute approximate surface area is 344 Å². The van der Waals surface area contributed by atoms with E-state index in [-0.39, 0.29) is 16.5 Å². The molecule has 1 aliphatic rings. The van der Waals surface area contributed by atoms with Crippen molar-refractivity contribution < 1.29 is 31.4 Å². The van der Waals surface area contributed by atoms with E-state index in [1.54, 1.807) is 53.2 Å². The second-order valence-corrected chi connectivity index (χ2v) is 14.6. The third kappa shape index (κ3) is 15.6. The van der Waals surface area contributed by atoms with E-state index in [4.69, 9.17) is 10.2 Å². The summed E-state index contributed by atoms with van der Waals surface area (Å²) in [7, 11) is 0. The molecule has 4 aromatic rings. The number of nitrogens with zero attached hydrogens (tertiary/aromatic N) is 2. The van der Waals surface area contributed by atoms with Gasteiger partial charge in [-0.2, -0.15) is 0 Å². The molecule has 55 heavy (non-hydrogen) atoms. The predicted molar refractivity (Wildman–Crippen MR) is 231 cm³/mol. The number of hydrogen-bond donors (Lipinski definition) is 2. The molecule has 1 heterocycles. The van der Waals surface area contributed by atoms with Crippen molar-refractivity contribution in [3.8, 4) is 11.5 Å². The molecule has 0 fully saturated rings. The normalized spacial score (nSPS) is 12.1. The van der Waals surface area contributed by atoms with Gasteiger partial charge in [0.05, 0.1) is 0 Å². The molecule has 4 aromatic carbocycles. The van der Waals surface area contributed by atoms with E-state index in [0.717, 1.165) is 62.8 Å². The first-order valence-electron chi connectivity index (χ1n) is 21.0. The smallest absolute Gasteiger partial charge is 0.211 e. The van der Waals surface area contributed by atoms with Gasteiger partial charge in [-0.1, -0.05) is 122 Å². The van der Waals surface area contributed by atoms with Gasteiger partial charge in [-0.15, -0.1) is 0 Å². The van der Waals surface area contributed by atoms with E-state index in [2.05, 4.69) is 77.9 Å². The zero-order valence-electron chi connectivity index (χ0n) is 34.7. The molecule has 0 saturated heterocycles. The van der Waals surface area contributed by atoms with Crippen LogP contribution in [-0.2, 0) is 42.2 Å². The molecule has 0 saturated carbocycles. The van der Waals surface area contributed by atoms with Crippen molar-refractivity contribution >= 4 is 11.4 Å². The van der Waals surface area contributed by atoms with Gasteiger partial charge in [-0.3, -0.25) is 0 Å². The van der Waals surface area contributed by atoms with Gasteiger partial charge in [0, 0.05) is 38.8 Å². The molecule has 0 spiro atoms. The largest absolute Gasteiger partial charge is 0.508 e. The molecule has 5 heteroatoms. The number of phenols is 2. The number of rotatable bonds is 18. The zero-order valence-corrected chi connectivity index (χ0v) is 35.6. The van der Waals surface area contributed by atoms with Crippen molar-refractivity contribution in [3.63, 3.8) is 0 Å². The average Bonchev–Trinajstić information content (AvgIpc) is 3.48. The Morgan fingerprint density at radius 2 is 0.745 bits per heavy atom. The maximum absolute atomic E-state index is 12.1. The van der Waals surface area contributed by atoms with Crippen molar-refractivity contribution in [1.82, 2.24) is 0 Å². The first-order chi connectivity index (χ1) is 26.3. The molecule has 5 rings (SSSR count). The van der Waals surface area contributed by atoms with Gasteiger partial charge >= 0.3 is 0 Å². The van der Waals surface area contributed by atoms with Crippen molar-refractivity contribution in [1.29, 1.82) is 0 Å². The molecule has 0 bridgehead atoms. The molecule has 2 N–H and O–H groups in total. The maximum Gasteiger partial charge on any atom is 0.211 e. The number of allylic oxidation sites excluding steroid dienone is 2. The van der Waals surface area contributed by atoms with Crippen LogP contribution in [0.1, 0.15) is 152 Å². The van der Waals surface area contributed by atoms with Crippen LogP contribution >= 0.6 is 0 Å². The van der Waals surface area contributed by atoms with Gasteiger partial charge in [0.2, 0.25) is 11.4 Å². The molecule has 0 unspecified atom stereocenters. The summed E-state index contributed by atoms with van der Waals surface area (Å²) in [6.07, 6.45) is 18.3. The zero-order chi connectivity index (χ0) is 39.1. The van der Waals surface area contributed by atoms with Gasteiger partial charge in [0.25, 0.3) is 0 Å². The standard InChI is InChI=1S/C38H56N2.2C6H6O.Ni/c1-7-13-18-29-23-30(19-14-8-2)26-33(25-29)37-35(12-6)36(22-17-11-5)38(40(37)39)34-27-31(20-15-9-3)24-32(28-34)21-16-10-4;2*7-6-4-2-1-3-5-6;/h23-28H,7-22H2,1-6H3;2*1-5,7H;. The Morgan fingerprint density at radius 3 is 1.02 bits per heavy atom. The monoisotopic (exact) mass is 786 g/mol. The fraction of sp³-hybridized carbons (Fsp3) is 0.440. The number of aryl methyl sites for hydroxylation is 4. The van der Waals surface area contributed by atoms with Crippen LogP contribution < -0.4 is 0 Å². The quantitative estimate of drug-likeness (QED) is 0.0779. The minimum Gasteiger partial charge on any atom is -0.508 e. The van der Waals surface area contributed by atoms with E-state index in [9.17, 15) is 5.53 Å². The summed E-state index contributed by atoms with van der Waals surface area (Å²) in [4.78, 5) is 0. The van der Waals surface area contributed by atoms with E-state index >= 15 is 0 Å². The maximum atomic E-state index is 12.1. The summed E-state index contributed by atoms with van der Waals surface area (Å²) in [6.45, 7) is 13.6. The van der Waals surface area contributed by atoms with Crippen LogP contribution in [0.5, 0.6) is 11.5 Å².